The fourth-order valence-corrected chi connectivity index (χ4v) is 5.04. The van der Waals surface area contributed by atoms with Crippen molar-refractivity contribution in [2.75, 3.05) is 4.90 Å². The van der Waals surface area contributed by atoms with Crippen LogP contribution in [0.25, 0.3) is 33.0 Å². The predicted molar refractivity (Wildman–Crippen MR) is 159 cm³/mol. The molecule has 0 aliphatic heterocycles. The van der Waals surface area contributed by atoms with E-state index < -0.39 is 7.12 Å². The van der Waals surface area contributed by atoms with Crippen LogP contribution in [0.1, 0.15) is 0 Å². The van der Waals surface area contributed by atoms with Crippen LogP contribution in [0.4, 0.5) is 17.1 Å². The van der Waals surface area contributed by atoms with E-state index in [4.69, 9.17) is 0 Å². The van der Waals surface area contributed by atoms with Gasteiger partial charge in [0.25, 0.3) is 0 Å². The average molecular weight is 491 g/mol. The summed E-state index contributed by atoms with van der Waals surface area (Å²) in [7, 11) is -1.55. The van der Waals surface area contributed by atoms with Gasteiger partial charge < -0.3 is 14.9 Å². The van der Waals surface area contributed by atoms with Crippen LogP contribution in [0, 0.1) is 0 Å². The summed E-state index contributed by atoms with van der Waals surface area (Å²) in [5.41, 5.74) is 7.79. The first-order valence-electron chi connectivity index (χ1n) is 12.7. The van der Waals surface area contributed by atoms with E-state index in [1.807, 2.05) is 42.5 Å². The maximum absolute atomic E-state index is 9.94. The highest BCUT2D eigenvalue weighted by Crippen LogP contribution is 2.44. The SMILES string of the molecule is OB(O)c1cccc(N(c2ccc(-c3ccccc3)cc2)c2ccc3ccccc3c2-c2ccccc2)c1. The van der Waals surface area contributed by atoms with Gasteiger partial charge in [-0.1, -0.05) is 115 Å². The molecule has 0 aliphatic rings. The molecule has 4 heteroatoms. The van der Waals surface area contributed by atoms with Gasteiger partial charge in [-0.25, -0.2) is 0 Å². The van der Waals surface area contributed by atoms with Gasteiger partial charge in [-0.3, -0.25) is 0 Å². The van der Waals surface area contributed by atoms with Crippen molar-refractivity contribution in [1.29, 1.82) is 0 Å². The third kappa shape index (κ3) is 4.59. The highest BCUT2D eigenvalue weighted by atomic mass is 16.4. The first-order valence-corrected chi connectivity index (χ1v) is 12.7. The summed E-state index contributed by atoms with van der Waals surface area (Å²) in [6.07, 6.45) is 0. The lowest BCUT2D eigenvalue weighted by molar-refractivity contribution is 0.426. The number of rotatable bonds is 6. The van der Waals surface area contributed by atoms with Crippen LogP contribution in [0.3, 0.4) is 0 Å². The van der Waals surface area contributed by atoms with E-state index in [2.05, 4.69) is 102 Å². The zero-order valence-electron chi connectivity index (χ0n) is 20.8. The first kappa shape index (κ1) is 23.7. The summed E-state index contributed by atoms with van der Waals surface area (Å²) in [4.78, 5) is 2.19. The molecule has 0 aliphatic carbocycles. The molecule has 0 spiro atoms. The van der Waals surface area contributed by atoms with Crippen molar-refractivity contribution in [3.8, 4) is 22.3 Å². The molecule has 0 fully saturated rings. The van der Waals surface area contributed by atoms with Gasteiger partial charge in [0.05, 0.1) is 5.69 Å². The lowest BCUT2D eigenvalue weighted by Crippen LogP contribution is -2.30. The summed E-state index contributed by atoms with van der Waals surface area (Å²) in [6.45, 7) is 0. The highest BCUT2D eigenvalue weighted by molar-refractivity contribution is 6.58. The molecule has 0 aromatic heterocycles. The van der Waals surface area contributed by atoms with Crippen molar-refractivity contribution in [2.45, 2.75) is 0 Å². The lowest BCUT2D eigenvalue weighted by atomic mass is 9.80. The van der Waals surface area contributed by atoms with Gasteiger partial charge in [0, 0.05) is 16.9 Å². The van der Waals surface area contributed by atoms with E-state index in [-0.39, 0.29) is 0 Å². The number of fused-ring (bicyclic) bond motifs is 1. The molecule has 0 atom stereocenters. The van der Waals surface area contributed by atoms with Crippen molar-refractivity contribution in [1.82, 2.24) is 0 Å². The molecular weight excluding hydrogens is 465 g/mol. The normalized spacial score (nSPS) is 10.9. The Bertz CT molecular complexity index is 1680. The van der Waals surface area contributed by atoms with Gasteiger partial charge in [0.2, 0.25) is 0 Å². The second-order valence-electron chi connectivity index (χ2n) is 9.26. The van der Waals surface area contributed by atoms with E-state index in [1.165, 1.54) is 0 Å². The molecule has 182 valence electrons. The van der Waals surface area contributed by atoms with Crippen molar-refractivity contribution < 1.29 is 10.0 Å². The Morgan fingerprint density at radius 2 is 1.11 bits per heavy atom. The van der Waals surface area contributed by atoms with Gasteiger partial charge in [-0.05, 0) is 63.3 Å². The Morgan fingerprint density at radius 3 is 1.82 bits per heavy atom. The summed E-state index contributed by atoms with van der Waals surface area (Å²) in [5, 5.41) is 22.2. The van der Waals surface area contributed by atoms with Gasteiger partial charge in [-0.2, -0.15) is 0 Å². The molecule has 0 bridgehead atoms. The summed E-state index contributed by atoms with van der Waals surface area (Å²) in [6, 6.07) is 49.4. The van der Waals surface area contributed by atoms with Crippen molar-refractivity contribution in [2.24, 2.45) is 0 Å². The average Bonchev–Trinajstić information content (AvgIpc) is 2.98. The fourth-order valence-electron chi connectivity index (χ4n) is 5.04. The molecule has 6 aromatic rings. The van der Waals surface area contributed by atoms with Crippen molar-refractivity contribution >= 4 is 40.4 Å². The summed E-state index contributed by atoms with van der Waals surface area (Å²) >= 11 is 0. The largest absolute Gasteiger partial charge is 0.488 e. The molecule has 0 heterocycles. The van der Waals surface area contributed by atoms with Crippen molar-refractivity contribution in [3.05, 3.63) is 146 Å². The van der Waals surface area contributed by atoms with E-state index in [0.29, 0.717) is 5.46 Å². The lowest BCUT2D eigenvalue weighted by Gasteiger charge is -2.29. The topological polar surface area (TPSA) is 43.7 Å². The molecule has 2 N–H and O–H groups in total. The van der Waals surface area contributed by atoms with Crippen molar-refractivity contribution in [3.63, 3.8) is 0 Å². The third-order valence-corrected chi connectivity index (χ3v) is 6.87. The van der Waals surface area contributed by atoms with Gasteiger partial charge in [0.15, 0.2) is 0 Å². The third-order valence-electron chi connectivity index (χ3n) is 6.87. The highest BCUT2D eigenvalue weighted by Gasteiger charge is 2.21. The molecule has 0 amide bonds. The van der Waals surface area contributed by atoms with E-state index in [1.54, 1.807) is 6.07 Å². The Labute approximate surface area is 223 Å². The van der Waals surface area contributed by atoms with E-state index >= 15 is 0 Å². The number of nitrogens with zero attached hydrogens (tertiary/aromatic N) is 1. The smallest absolute Gasteiger partial charge is 0.423 e. The predicted octanol–water partition coefficient (Wildman–Crippen LogP) is 7.32. The molecule has 0 saturated carbocycles. The van der Waals surface area contributed by atoms with E-state index in [9.17, 15) is 10.0 Å². The molecule has 0 saturated heterocycles. The Hall–Kier alpha value is -4.64. The van der Waals surface area contributed by atoms with Crippen LogP contribution in [-0.4, -0.2) is 17.2 Å². The molecule has 6 rings (SSSR count). The standard InChI is InChI=1S/C34H26BNO2/c37-35(38)29-15-9-16-31(24-29)36(30-21-18-26(19-22-30)25-10-3-1-4-11-25)33-23-20-27-12-7-8-17-32(27)34(33)28-13-5-2-6-14-28/h1-24,37-38H. The van der Waals surface area contributed by atoms with Crippen LogP contribution >= 0.6 is 0 Å². The van der Waals surface area contributed by atoms with Crippen LogP contribution in [-0.2, 0) is 0 Å². The Balaban J connectivity index is 1.60. The van der Waals surface area contributed by atoms with Gasteiger partial charge >= 0.3 is 7.12 Å². The van der Waals surface area contributed by atoms with Gasteiger partial charge in [-0.15, -0.1) is 0 Å². The monoisotopic (exact) mass is 491 g/mol. The van der Waals surface area contributed by atoms with E-state index in [0.717, 1.165) is 50.1 Å². The minimum absolute atomic E-state index is 0.440. The number of benzene rings is 6. The van der Waals surface area contributed by atoms with Crippen LogP contribution < -0.4 is 10.4 Å². The van der Waals surface area contributed by atoms with Crippen LogP contribution in [0.15, 0.2) is 146 Å². The minimum Gasteiger partial charge on any atom is -0.423 e. The Morgan fingerprint density at radius 1 is 0.474 bits per heavy atom. The summed E-state index contributed by atoms with van der Waals surface area (Å²) < 4.78 is 0. The number of hydrogen-bond donors (Lipinski definition) is 2. The summed E-state index contributed by atoms with van der Waals surface area (Å²) in [5.74, 6) is 0. The van der Waals surface area contributed by atoms with Gasteiger partial charge in [0.1, 0.15) is 0 Å². The quantitative estimate of drug-likeness (QED) is 0.240. The maximum Gasteiger partial charge on any atom is 0.488 e. The van der Waals surface area contributed by atoms with Crippen LogP contribution in [0.5, 0.6) is 0 Å². The van der Waals surface area contributed by atoms with Crippen LogP contribution in [0.2, 0.25) is 0 Å². The molecule has 6 aromatic carbocycles. The second-order valence-corrected chi connectivity index (χ2v) is 9.26. The number of anilines is 3. The maximum atomic E-state index is 9.94. The molecular formula is C34H26BNO2. The molecule has 3 nitrogen and oxygen atoms in total. The molecule has 0 unspecified atom stereocenters. The second kappa shape index (κ2) is 10.4. The zero-order valence-corrected chi connectivity index (χ0v) is 20.8. The Kier molecular flexibility index (Phi) is 6.49. The molecule has 38 heavy (non-hydrogen) atoms. The zero-order chi connectivity index (χ0) is 25.9. The molecule has 0 radical (unpaired) electrons. The number of hydrogen-bond acceptors (Lipinski definition) is 3. The first-order chi connectivity index (χ1) is 18.7. The minimum atomic E-state index is -1.55. The fraction of sp³-hybridized carbons (Fsp3) is 0.